The molecule has 0 atom stereocenters. The summed E-state index contributed by atoms with van der Waals surface area (Å²) < 4.78 is 4.73. The molecular formula is C32H38N2O4S. The van der Waals surface area contributed by atoms with Crippen molar-refractivity contribution in [2.45, 2.75) is 69.9 Å². The van der Waals surface area contributed by atoms with Crippen molar-refractivity contribution in [3.63, 3.8) is 0 Å². The van der Waals surface area contributed by atoms with E-state index >= 15 is 0 Å². The predicted molar refractivity (Wildman–Crippen MR) is 160 cm³/mol. The van der Waals surface area contributed by atoms with Gasteiger partial charge in [0.2, 0.25) is 0 Å². The number of rotatable bonds is 7. The number of anilines is 1. The molecule has 2 aromatic carbocycles. The monoisotopic (exact) mass is 546 g/mol. The fourth-order valence-corrected chi connectivity index (χ4v) is 4.82. The van der Waals surface area contributed by atoms with E-state index in [-0.39, 0.29) is 17.4 Å². The number of nitrogens with zero attached hydrogens (tertiary/aromatic N) is 1. The molecule has 3 aromatic rings. The number of aromatic hydroxyl groups is 1. The summed E-state index contributed by atoms with van der Waals surface area (Å²) in [5.74, 6) is -0.639. The van der Waals surface area contributed by atoms with E-state index in [0.717, 1.165) is 33.0 Å². The van der Waals surface area contributed by atoms with Crippen LogP contribution >= 0.6 is 11.8 Å². The van der Waals surface area contributed by atoms with E-state index in [1.165, 1.54) is 0 Å². The zero-order chi connectivity index (χ0) is 28.8. The molecule has 6 nitrogen and oxygen atoms in total. The largest absolute Gasteiger partial charge is 0.507 e. The standard InChI is InChI=1S/C32H38N2O4S/c1-8-38-30(37)29(36)34-23-13-9-11-21(17-23)15-16-22-12-10-14-24(33-22)20-39-25-18-26(31(2,3)4)28(35)27(19-25)32(5,6)7/h9-19,35H,8,20H2,1-7H3,(H,34,36)/b16-15+. The smallest absolute Gasteiger partial charge is 0.397 e. The van der Waals surface area contributed by atoms with Crippen molar-refractivity contribution < 1.29 is 19.4 Å². The molecule has 2 N–H and O–H groups in total. The number of hydrogen-bond donors (Lipinski definition) is 2. The molecule has 206 valence electrons. The number of thioether (sulfide) groups is 1. The van der Waals surface area contributed by atoms with Crippen LogP contribution in [0.25, 0.3) is 12.2 Å². The number of carbonyl (C=O) groups is 2. The maximum Gasteiger partial charge on any atom is 0.397 e. The van der Waals surface area contributed by atoms with Gasteiger partial charge in [-0.15, -0.1) is 11.8 Å². The first-order valence-corrected chi connectivity index (χ1v) is 14.0. The van der Waals surface area contributed by atoms with Gasteiger partial charge in [0.25, 0.3) is 0 Å². The SMILES string of the molecule is CCOC(=O)C(=O)Nc1cccc(/C=C/c2cccc(CSc3cc(C(C)(C)C)c(O)c(C(C)(C)C)c3)n2)c1. The summed E-state index contributed by atoms with van der Waals surface area (Å²) in [6.45, 7) is 14.5. The first-order chi connectivity index (χ1) is 18.3. The number of ether oxygens (including phenoxy) is 1. The quantitative estimate of drug-likeness (QED) is 0.183. The Morgan fingerprint density at radius 1 is 0.949 bits per heavy atom. The third kappa shape index (κ3) is 8.45. The maximum atomic E-state index is 11.9. The van der Waals surface area contributed by atoms with Crippen molar-refractivity contribution in [3.05, 3.63) is 82.7 Å². The number of nitrogens with one attached hydrogen (secondary N) is 1. The van der Waals surface area contributed by atoms with Crippen molar-refractivity contribution in [3.8, 4) is 5.75 Å². The van der Waals surface area contributed by atoms with E-state index < -0.39 is 11.9 Å². The van der Waals surface area contributed by atoms with Crippen LogP contribution in [-0.2, 0) is 30.9 Å². The molecule has 1 aromatic heterocycles. The van der Waals surface area contributed by atoms with E-state index in [2.05, 4.69) is 59.0 Å². The van der Waals surface area contributed by atoms with Crippen LogP contribution in [0.2, 0.25) is 0 Å². The Balaban J connectivity index is 1.74. The highest BCUT2D eigenvalue weighted by Crippen LogP contribution is 2.42. The molecule has 7 heteroatoms. The van der Waals surface area contributed by atoms with Crippen LogP contribution in [0.1, 0.15) is 76.5 Å². The minimum atomic E-state index is -0.908. The summed E-state index contributed by atoms with van der Waals surface area (Å²) in [4.78, 5) is 29.4. The fraction of sp³-hybridized carbons (Fsp3) is 0.344. The molecule has 0 aliphatic heterocycles. The first-order valence-electron chi connectivity index (χ1n) is 13.0. The van der Waals surface area contributed by atoms with E-state index in [1.807, 2.05) is 36.4 Å². The first kappa shape index (κ1) is 30.0. The van der Waals surface area contributed by atoms with Gasteiger partial charge in [0, 0.05) is 27.5 Å². The predicted octanol–water partition coefficient (Wildman–Crippen LogP) is 7.35. The van der Waals surface area contributed by atoms with Crippen LogP contribution in [0, 0.1) is 0 Å². The van der Waals surface area contributed by atoms with Gasteiger partial charge in [-0.1, -0.05) is 65.8 Å². The summed E-state index contributed by atoms with van der Waals surface area (Å²) in [6, 6.07) is 17.3. The van der Waals surface area contributed by atoms with Gasteiger partial charge in [-0.2, -0.15) is 0 Å². The van der Waals surface area contributed by atoms with E-state index in [4.69, 9.17) is 9.72 Å². The van der Waals surface area contributed by atoms with Crippen molar-refractivity contribution in [2.75, 3.05) is 11.9 Å². The summed E-state index contributed by atoms with van der Waals surface area (Å²) in [7, 11) is 0. The second kappa shape index (κ2) is 12.5. The third-order valence-corrected chi connectivity index (χ3v) is 6.98. The van der Waals surface area contributed by atoms with Gasteiger partial charge >= 0.3 is 11.9 Å². The van der Waals surface area contributed by atoms with Crippen LogP contribution in [0.5, 0.6) is 5.75 Å². The van der Waals surface area contributed by atoms with Crippen LogP contribution in [0.4, 0.5) is 5.69 Å². The number of benzene rings is 2. The summed E-state index contributed by atoms with van der Waals surface area (Å²) >= 11 is 1.70. The van der Waals surface area contributed by atoms with E-state index in [0.29, 0.717) is 17.2 Å². The highest BCUT2D eigenvalue weighted by atomic mass is 32.2. The summed E-state index contributed by atoms with van der Waals surface area (Å²) in [6.07, 6.45) is 3.82. The highest BCUT2D eigenvalue weighted by molar-refractivity contribution is 7.98. The fourth-order valence-electron chi connectivity index (χ4n) is 3.94. The zero-order valence-electron chi connectivity index (χ0n) is 23.8. The Bertz CT molecular complexity index is 1330. The highest BCUT2D eigenvalue weighted by Gasteiger charge is 2.26. The van der Waals surface area contributed by atoms with E-state index in [1.54, 1.807) is 36.9 Å². The number of carbonyl (C=O) groups excluding carboxylic acids is 2. The lowest BCUT2D eigenvalue weighted by Gasteiger charge is -2.28. The molecule has 0 fully saturated rings. The van der Waals surface area contributed by atoms with Gasteiger partial charge in [0.15, 0.2) is 0 Å². The molecule has 0 spiro atoms. The van der Waals surface area contributed by atoms with Gasteiger partial charge in [-0.05, 0) is 65.8 Å². The minimum Gasteiger partial charge on any atom is -0.507 e. The lowest BCUT2D eigenvalue weighted by molar-refractivity contribution is -0.152. The molecule has 0 radical (unpaired) electrons. The summed E-state index contributed by atoms with van der Waals surface area (Å²) in [5.41, 5.74) is 4.65. The Morgan fingerprint density at radius 3 is 2.21 bits per heavy atom. The van der Waals surface area contributed by atoms with E-state index in [9.17, 15) is 14.7 Å². The second-order valence-corrected chi connectivity index (χ2v) is 12.4. The van der Waals surface area contributed by atoms with Crippen molar-refractivity contribution >= 4 is 41.5 Å². The Hall–Kier alpha value is -3.58. The number of phenols is 1. The van der Waals surface area contributed by atoms with Gasteiger partial charge in [-0.25, -0.2) is 4.79 Å². The normalized spacial score (nSPS) is 12.0. The average Bonchev–Trinajstić information content (AvgIpc) is 2.86. The lowest BCUT2D eigenvalue weighted by atomic mass is 9.79. The Kier molecular flexibility index (Phi) is 9.62. The number of pyridine rings is 1. The van der Waals surface area contributed by atoms with Crippen LogP contribution < -0.4 is 5.32 Å². The van der Waals surface area contributed by atoms with Crippen LogP contribution in [0.3, 0.4) is 0 Å². The molecule has 0 saturated carbocycles. The van der Waals surface area contributed by atoms with Gasteiger partial charge < -0.3 is 15.2 Å². The number of esters is 1. The minimum absolute atomic E-state index is 0.143. The van der Waals surface area contributed by atoms with Crippen molar-refractivity contribution in [1.29, 1.82) is 0 Å². The molecule has 0 aliphatic rings. The lowest BCUT2D eigenvalue weighted by Crippen LogP contribution is -2.24. The van der Waals surface area contributed by atoms with Gasteiger partial charge in [0.1, 0.15) is 5.75 Å². The van der Waals surface area contributed by atoms with Crippen molar-refractivity contribution in [1.82, 2.24) is 4.98 Å². The number of phenolic OH excluding ortho intramolecular Hbond substituents is 1. The Labute approximate surface area is 235 Å². The number of aromatic nitrogens is 1. The second-order valence-electron chi connectivity index (χ2n) is 11.3. The Morgan fingerprint density at radius 2 is 1.59 bits per heavy atom. The van der Waals surface area contributed by atoms with Crippen LogP contribution in [0.15, 0.2) is 59.5 Å². The summed E-state index contributed by atoms with van der Waals surface area (Å²) in [5, 5.41) is 13.5. The molecule has 1 amide bonds. The van der Waals surface area contributed by atoms with Gasteiger partial charge in [0.05, 0.1) is 18.0 Å². The number of amides is 1. The molecule has 0 unspecified atom stereocenters. The zero-order valence-corrected chi connectivity index (χ0v) is 24.6. The third-order valence-electron chi connectivity index (χ3n) is 5.97. The number of hydrogen-bond acceptors (Lipinski definition) is 6. The van der Waals surface area contributed by atoms with Crippen LogP contribution in [-0.4, -0.2) is 28.6 Å². The molecule has 1 heterocycles. The molecule has 0 aliphatic carbocycles. The average molecular weight is 547 g/mol. The molecule has 0 bridgehead atoms. The molecular weight excluding hydrogens is 508 g/mol. The van der Waals surface area contributed by atoms with Gasteiger partial charge in [-0.3, -0.25) is 9.78 Å². The molecule has 0 saturated heterocycles. The maximum absolute atomic E-state index is 11.9. The molecule has 39 heavy (non-hydrogen) atoms. The topological polar surface area (TPSA) is 88.5 Å². The molecule has 3 rings (SSSR count). The van der Waals surface area contributed by atoms with Crippen molar-refractivity contribution in [2.24, 2.45) is 0 Å².